The fourth-order valence-corrected chi connectivity index (χ4v) is 2.51. The van der Waals surface area contributed by atoms with Crippen molar-refractivity contribution < 1.29 is 9.84 Å². The van der Waals surface area contributed by atoms with Gasteiger partial charge in [-0.1, -0.05) is 0 Å². The lowest BCUT2D eigenvalue weighted by Gasteiger charge is -2.08. The Morgan fingerprint density at radius 2 is 2.17 bits per heavy atom. The number of aliphatic hydroxyl groups excluding tert-OH is 1. The molecule has 0 bridgehead atoms. The highest BCUT2D eigenvalue weighted by atomic mass is 32.1. The monoisotopic (exact) mass is 265 g/mol. The van der Waals surface area contributed by atoms with Gasteiger partial charge in [-0.2, -0.15) is 0 Å². The van der Waals surface area contributed by atoms with Crippen molar-refractivity contribution in [3.05, 3.63) is 33.7 Å². The molecule has 0 aromatic carbocycles. The topological polar surface area (TPSA) is 68.1 Å². The molecule has 1 N–H and O–H groups in total. The molecule has 2 rings (SSSR count). The Labute approximate surface area is 110 Å². The Bertz CT molecular complexity index is 522. The van der Waals surface area contributed by atoms with Crippen molar-refractivity contribution in [2.24, 2.45) is 0 Å². The number of thiazole rings is 1. The number of aliphatic hydroxyl groups is 1. The van der Waals surface area contributed by atoms with Crippen LogP contribution in [0, 0.1) is 13.8 Å². The normalized spacial score (nSPS) is 12.4. The molecule has 6 heteroatoms. The molecule has 1 unspecified atom stereocenters. The molecule has 96 valence electrons. The zero-order chi connectivity index (χ0) is 13.1. The first-order chi connectivity index (χ1) is 8.60. The molecule has 0 amide bonds. The Hall–Kier alpha value is -1.53. The molecule has 0 saturated carbocycles. The molecule has 0 aliphatic heterocycles. The number of aromatic nitrogens is 3. The van der Waals surface area contributed by atoms with Gasteiger partial charge in [0.05, 0.1) is 23.5 Å². The van der Waals surface area contributed by atoms with E-state index >= 15 is 0 Å². The second kappa shape index (κ2) is 5.41. The molecule has 1 atom stereocenters. The van der Waals surface area contributed by atoms with E-state index in [1.807, 2.05) is 13.8 Å². The molecule has 2 aromatic heterocycles. The van der Waals surface area contributed by atoms with Gasteiger partial charge in [0.1, 0.15) is 12.4 Å². The first-order valence-electron chi connectivity index (χ1n) is 5.57. The van der Waals surface area contributed by atoms with Crippen LogP contribution >= 0.6 is 11.3 Å². The Balaban J connectivity index is 2.13. The first-order valence-corrected chi connectivity index (χ1v) is 6.38. The van der Waals surface area contributed by atoms with Crippen LogP contribution in [0.1, 0.15) is 27.4 Å². The summed E-state index contributed by atoms with van der Waals surface area (Å²) in [6.07, 6.45) is 1.15. The number of ether oxygens (including phenoxy) is 1. The van der Waals surface area contributed by atoms with Crippen molar-refractivity contribution in [2.75, 3.05) is 7.11 Å². The van der Waals surface area contributed by atoms with Crippen LogP contribution in [0.15, 0.2) is 12.4 Å². The highest BCUT2D eigenvalue weighted by molar-refractivity contribution is 7.11. The quantitative estimate of drug-likeness (QED) is 0.913. The average Bonchev–Trinajstić information content (AvgIpc) is 2.68. The summed E-state index contributed by atoms with van der Waals surface area (Å²) in [5, 5.41) is 11.0. The van der Waals surface area contributed by atoms with Gasteiger partial charge in [-0.15, -0.1) is 11.3 Å². The van der Waals surface area contributed by atoms with E-state index in [9.17, 15) is 5.11 Å². The van der Waals surface area contributed by atoms with Crippen LogP contribution in [0.2, 0.25) is 0 Å². The predicted octanol–water partition coefficient (Wildman–Crippen LogP) is 1.83. The van der Waals surface area contributed by atoms with Crippen LogP contribution < -0.4 is 4.74 Å². The molecular formula is C12H15N3O2S. The summed E-state index contributed by atoms with van der Waals surface area (Å²) in [5.74, 6) is 0.450. The van der Waals surface area contributed by atoms with Gasteiger partial charge in [-0.05, 0) is 13.8 Å². The van der Waals surface area contributed by atoms with E-state index in [0.717, 1.165) is 10.7 Å². The molecule has 0 radical (unpaired) electrons. The number of aryl methyl sites for hydroxylation is 2. The van der Waals surface area contributed by atoms with E-state index in [1.165, 1.54) is 18.3 Å². The van der Waals surface area contributed by atoms with E-state index < -0.39 is 6.10 Å². The maximum atomic E-state index is 10.1. The zero-order valence-electron chi connectivity index (χ0n) is 10.5. The predicted molar refractivity (Wildman–Crippen MR) is 68.8 cm³/mol. The maximum Gasteiger partial charge on any atom is 0.216 e. The van der Waals surface area contributed by atoms with Crippen LogP contribution in [-0.4, -0.2) is 27.2 Å². The number of methoxy groups -OCH3 is 1. The highest BCUT2D eigenvalue weighted by Crippen LogP contribution is 2.23. The summed E-state index contributed by atoms with van der Waals surface area (Å²) in [5.41, 5.74) is 1.56. The third-order valence-corrected chi connectivity index (χ3v) is 3.75. The third-order valence-electron chi connectivity index (χ3n) is 2.65. The number of rotatable bonds is 4. The largest absolute Gasteiger partial charge is 0.481 e. The fourth-order valence-electron chi connectivity index (χ4n) is 1.54. The van der Waals surface area contributed by atoms with Crippen molar-refractivity contribution in [2.45, 2.75) is 26.4 Å². The van der Waals surface area contributed by atoms with E-state index in [-0.39, 0.29) is 0 Å². The van der Waals surface area contributed by atoms with Crippen LogP contribution in [0.3, 0.4) is 0 Å². The van der Waals surface area contributed by atoms with Gasteiger partial charge in [0, 0.05) is 17.4 Å². The molecule has 0 fully saturated rings. The van der Waals surface area contributed by atoms with Gasteiger partial charge in [-0.25, -0.2) is 15.0 Å². The van der Waals surface area contributed by atoms with Gasteiger partial charge in [0.2, 0.25) is 5.88 Å². The molecule has 0 aliphatic carbocycles. The van der Waals surface area contributed by atoms with E-state index in [1.54, 1.807) is 17.4 Å². The minimum absolute atomic E-state index is 0.450. The summed E-state index contributed by atoms with van der Waals surface area (Å²) in [6.45, 7) is 3.99. The van der Waals surface area contributed by atoms with Crippen molar-refractivity contribution in [3.8, 4) is 5.88 Å². The minimum atomic E-state index is -0.688. The lowest BCUT2D eigenvalue weighted by atomic mass is 10.2. The van der Waals surface area contributed by atoms with Crippen molar-refractivity contribution >= 4 is 11.3 Å². The fraction of sp³-hybridized carbons (Fsp3) is 0.417. The summed E-state index contributed by atoms with van der Waals surface area (Å²) in [6, 6.07) is 1.64. The maximum absolute atomic E-state index is 10.1. The molecule has 2 heterocycles. The molecule has 0 saturated heterocycles. The second-order valence-electron chi connectivity index (χ2n) is 3.95. The zero-order valence-corrected chi connectivity index (χ0v) is 11.4. The minimum Gasteiger partial charge on any atom is -0.481 e. The number of hydrogen-bond acceptors (Lipinski definition) is 6. The third kappa shape index (κ3) is 2.83. The van der Waals surface area contributed by atoms with Crippen LogP contribution in [0.4, 0.5) is 0 Å². The summed E-state index contributed by atoms with van der Waals surface area (Å²) >= 11 is 1.60. The van der Waals surface area contributed by atoms with Crippen LogP contribution in [0.5, 0.6) is 5.88 Å². The summed E-state index contributed by atoms with van der Waals surface area (Å²) < 4.78 is 5.00. The van der Waals surface area contributed by atoms with Gasteiger partial charge in [0.25, 0.3) is 0 Å². The Morgan fingerprint density at radius 1 is 1.39 bits per heavy atom. The van der Waals surface area contributed by atoms with Crippen LogP contribution in [-0.2, 0) is 6.42 Å². The molecule has 2 aromatic rings. The SMILES string of the molecule is COc1cc(C(O)Cc2nc(C)c(C)s2)ncn1. The lowest BCUT2D eigenvalue weighted by molar-refractivity contribution is 0.172. The molecular weight excluding hydrogens is 250 g/mol. The lowest BCUT2D eigenvalue weighted by Crippen LogP contribution is -2.05. The van der Waals surface area contributed by atoms with E-state index in [4.69, 9.17) is 4.74 Å². The van der Waals surface area contributed by atoms with Crippen LogP contribution in [0.25, 0.3) is 0 Å². The van der Waals surface area contributed by atoms with Gasteiger partial charge >= 0.3 is 0 Å². The molecule has 0 spiro atoms. The standard InChI is InChI=1S/C12H15N3O2S/c1-7-8(2)18-12(15-7)5-10(16)9-4-11(17-3)14-6-13-9/h4,6,10,16H,5H2,1-3H3. The van der Waals surface area contributed by atoms with Gasteiger partial charge in [-0.3, -0.25) is 0 Å². The smallest absolute Gasteiger partial charge is 0.216 e. The first kappa shape index (κ1) is 12.9. The van der Waals surface area contributed by atoms with Crippen molar-refractivity contribution in [1.29, 1.82) is 0 Å². The number of nitrogens with zero attached hydrogens (tertiary/aromatic N) is 3. The molecule has 0 aliphatic rings. The van der Waals surface area contributed by atoms with Crippen molar-refractivity contribution in [3.63, 3.8) is 0 Å². The number of hydrogen-bond donors (Lipinski definition) is 1. The summed E-state index contributed by atoms with van der Waals surface area (Å²) in [4.78, 5) is 13.5. The van der Waals surface area contributed by atoms with Gasteiger partial charge < -0.3 is 9.84 Å². The summed E-state index contributed by atoms with van der Waals surface area (Å²) in [7, 11) is 1.53. The molecule has 5 nitrogen and oxygen atoms in total. The Morgan fingerprint density at radius 3 is 2.78 bits per heavy atom. The second-order valence-corrected chi connectivity index (χ2v) is 5.24. The molecule has 18 heavy (non-hydrogen) atoms. The van der Waals surface area contributed by atoms with Crippen molar-refractivity contribution in [1.82, 2.24) is 15.0 Å². The van der Waals surface area contributed by atoms with E-state index in [0.29, 0.717) is 18.0 Å². The Kier molecular flexibility index (Phi) is 3.88. The highest BCUT2D eigenvalue weighted by Gasteiger charge is 2.14. The van der Waals surface area contributed by atoms with Gasteiger partial charge in [0.15, 0.2) is 0 Å². The van der Waals surface area contributed by atoms with E-state index in [2.05, 4.69) is 15.0 Å². The average molecular weight is 265 g/mol.